The molecule has 17 heavy (non-hydrogen) atoms. The summed E-state index contributed by atoms with van der Waals surface area (Å²) in [5.74, 6) is -2.91. The zero-order valence-electron chi connectivity index (χ0n) is 8.12. The van der Waals surface area contributed by atoms with Crippen molar-refractivity contribution in [2.75, 3.05) is 5.75 Å². The third-order valence-corrected chi connectivity index (χ3v) is 3.42. The number of carbonyl (C=O) groups is 1. The summed E-state index contributed by atoms with van der Waals surface area (Å²) in [6.45, 7) is 0. The summed E-state index contributed by atoms with van der Waals surface area (Å²) in [5.41, 5.74) is -0.375. The molecule has 0 bridgehead atoms. The molecule has 0 heterocycles. The van der Waals surface area contributed by atoms with Crippen molar-refractivity contribution in [3.8, 4) is 0 Å². The van der Waals surface area contributed by atoms with Gasteiger partial charge in [0.1, 0.15) is 5.75 Å². The van der Waals surface area contributed by atoms with Gasteiger partial charge in [0, 0.05) is 4.90 Å². The van der Waals surface area contributed by atoms with Gasteiger partial charge < -0.3 is 5.11 Å². The number of benzene rings is 1. The van der Waals surface area contributed by atoms with Crippen LogP contribution >= 0.6 is 11.6 Å². The van der Waals surface area contributed by atoms with Gasteiger partial charge in [-0.25, -0.2) is 4.79 Å². The summed E-state index contributed by atoms with van der Waals surface area (Å²) in [5, 5.41) is 8.58. The molecule has 94 valence electrons. The Hall–Kier alpha value is -1.08. The van der Waals surface area contributed by atoms with Crippen LogP contribution in [0.15, 0.2) is 23.1 Å². The summed E-state index contributed by atoms with van der Waals surface area (Å²) in [7, 11) is -2.33. The minimum atomic E-state index is -4.58. The van der Waals surface area contributed by atoms with Gasteiger partial charge in [0.25, 0.3) is 0 Å². The molecule has 0 aliphatic heterocycles. The maximum absolute atomic E-state index is 12.0. The number of aromatic carboxylic acids is 1. The predicted molar refractivity (Wildman–Crippen MR) is 55.7 cm³/mol. The molecule has 0 saturated heterocycles. The van der Waals surface area contributed by atoms with Crippen molar-refractivity contribution in [2.24, 2.45) is 0 Å². The first-order chi connectivity index (χ1) is 7.70. The summed E-state index contributed by atoms with van der Waals surface area (Å²) in [4.78, 5) is 10.5. The largest absolute Gasteiger partial charge is 0.478 e. The first kappa shape index (κ1) is 14.0. The minimum Gasteiger partial charge on any atom is -0.478 e. The Morgan fingerprint density at radius 2 is 2.00 bits per heavy atom. The lowest BCUT2D eigenvalue weighted by Gasteiger charge is -2.07. The van der Waals surface area contributed by atoms with Crippen LogP contribution in [0.2, 0.25) is 5.02 Å². The smallest absolute Gasteiger partial charge is 0.400 e. The number of carboxylic acid groups (broad SMARTS) is 1. The van der Waals surface area contributed by atoms with Gasteiger partial charge in [0.05, 0.1) is 21.4 Å². The molecular formula is C9H6ClF3O3S. The number of rotatable bonds is 3. The van der Waals surface area contributed by atoms with E-state index < -0.39 is 28.7 Å². The predicted octanol–water partition coefficient (Wildman–Crippen LogP) is 2.71. The molecule has 0 fully saturated rings. The molecular weight excluding hydrogens is 281 g/mol. The third-order valence-electron chi connectivity index (χ3n) is 1.73. The third kappa shape index (κ3) is 4.01. The second-order valence-corrected chi connectivity index (χ2v) is 4.91. The van der Waals surface area contributed by atoms with Crippen LogP contribution in [-0.2, 0) is 10.8 Å². The zero-order valence-corrected chi connectivity index (χ0v) is 9.70. The highest BCUT2D eigenvalue weighted by molar-refractivity contribution is 7.85. The molecule has 0 amide bonds. The number of halogens is 4. The van der Waals surface area contributed by atoms with Gasteiger partial charge in [-0.2, -0.15) is 13.2 Å². The average molecular weight is 287 g/mol. The van der Waals surface area contributed by atoms with Crippen LogP contribution in [0.1, 0.15) is 10.4 Å². The highest BCUT2D eigenvalue weighted by atomic mass is 35.5. The number of hydrogen-bond acceptors (Lipinski definition) is 2. The quantitative estimate of drug-likeness (QED) is 0.929. The highest BCUT2D eigenvalue weighted by Gasteiger charge is 2.31. The SMILES string of the molecule is O=C(O)c1cc(S(=O)CC(F)(F)F)ccc1Cl. The lowest BCUT2D eigenvalue weighted by molar-refractivity contribution is -0.105. The second-order valence-electron chi connectivity index (χ2n) is 3.05. The van der Waals surface area contributed by atoms with Gasteiger partial charge in [-0.3, -0.25) is 4.21 Å². The lowest BCUT2D eigenvalue weighted by Crippen LogP contribution is -2.18. The normalized spacial score (nSPS) is 13.4. The summed E-state index contributed by atoms with van der Waals surface area (Å²) < 4.78 is 47.3. The molecule has 0 spiro atoms. The summed E-state index contributed by atoms with van der Waals surface area (Å²) in [6, 6.07) is 3.09. The van der Waals surface area contributed by atoms with E-state index in [1.54, 1.807) is 0 Å². The van der Waals surface area contributed by atoms with E-state index in [2.05, 4.69) is 0 Å². The number of carboxylic acids is 1. The van der Waals surface area contributed by atoms with E-state index in [1.165, 1.54) is 0 Å². The Balaban J connectivity index is 3.04. The Bertz CT molecular complexity index is 473. The van der Waals surface area contributed by atoms with Gasteiger partial charge in [0.15, 0.2) is 0 Å². The van der Waals surface area contributed by atoms with E-state index in [4.69, 9.17) is 16.7 Å². The van der Waals surface area contributed by atoms with Gasteiger partial charge in [-0.15, -0.1) is 0 Å². The molecule has 0 radical (unpaired) electrons. The minimum absolute atomic E-state index is 0.120. The van der Waals surface area contributed by atoms with Crippen molar-refractivity contribution < 1.29 is 27.3 Å². The zero-order chi connectivity index (χ0) is 13.2. The van der Waals surface area contributed by atoms with Crippen LogP contribution in [0.25, 0.3) is 0 Å². The van der Waals surface area contributed by atoms with E-state index in [1.807, 2.05) is 0 Å². The van der Waals surface area contributed by atoms with Crippen molar-refractivity contribution in [3.63, 3.8) is 0 Å². The molecule has 1 unspecified atom stereocenters. The first-order valence-corrected chi connectivity index (χ1v) is 5.88. The Morgan fingerprint density at radius 3 is 2.47 bits per heavy atom. The van der Waals surface area contributed by atoms with Gasteiger partial charge in [-0.1, -0.05) is 11.6 Å². The van der Waals surface area contributed by atoms with E-state index in [9.17, 15) is 22.2 Å². The van der Waals surface area contributed by atoms with Gasteiger partial charge in [-0.05, 0) is 18.2 Å². The van der Waals surface area contributed by atoms with Crippen LogP contribution in [-0.4, -0.2) is 27.2 Å². The molecule has 3 nitrogen and oxygen atoms in total. The molecule has 1 aromatic rings. The Labute approximate surface area is 102 Å². The van der Waals surface area contributed by atoms with E-state index in [0.717, 1.165) is 18.2 Å². The molecule has 0 aliphatic rings. The molecule has 1 aromatic carbocycles. The monoisotopic (exact) mass is 286 g/mol. The average Bonchev–Trinajstić information content (AvgIpc) is 2.14. The fourth-order valence-corrected chi connectivity index (χ4v) is 2.17. The molecule has 1 rings (SSSR count). The standard InChI is InChI=1S/C9H6ClF3O3S/c10-7-2-1-5(3-6(7)8(14)15)17(16)4-9(11,12)13/h1-3H,4H2,(H,14,15). The van der Waals surface area contributed by atoms with Crippen LogP contribution in [0.5, 0.6) is 0 Å². The topological polar surface area (TPSA) is 54.4 Å². The summed E-state index contributed by atoms with van der Waals surface area (Å²) in [6.07, 6.45) is -4.58. The highest BCUT2D eigenvalue weighted by Crippen LogP contribution is 2.23. The van der Waals surface area contributed by atoms with Crippen LogP contribution < -0.4 is 0 Å². The van der Waals surface area contributed by atoms with Crippen molar-refractivity contribution in [3.05, 3.63) is 28.8 Å². The maximum atomic E-state index is 12.0. The summed E-state index contributed by atoms with van der Waals surface area (Å²) >= 11 is 5.53. The molecule has 0 aliphatic carbocycles. The Kier molecular flexibility index (Phi) is 4.16. The van der Waals surface area contributed by atoms with Gasteiger partial charge in [0.2, 0.25) is 0 Å². The van der Waals surface area contributed by atoms with Crippen molar-refractivity contribution >= 4 is 28.4 Å². The first-order valence-electron chi connectivity index (χ1n) is 4.18. The number of hydrogen-bond donors (Lipinski definition) is 1. The second kappa shape index (κ2) is 5.05. The van der Waals surface area contributed by atoms with Crippen molar-refractivity contribution in [1.29, 1.82) is 0 Å². The fourth-order valence-electron chi connectivity index (χ4n) is 1.04. The molecule has 1 atom stereocenters. The van der Waals surface area contributed by atoms with Crippen LogP contribution in [0, 0.1) is 0 Å². The van der Waals surface area contributed by atoms with Crippen molar-refractivity contribution in [2.45, 2.75) is 11.1 Å². The molecule has 8 heteroatoms. The molecule has 0 saturated carbocycles. The lowest BCUT2D eigenvalue weighted by atomic mass is 10.2. The number of alkyl halides is 3. The van der Waals surface area contributed by atoms with E-state index in [-0.39, 0.29) is 15.5 Å². The maximum Gasteiger partial charge on any atom is 0.400 e. The molecule has 1 N–H and O–H groups in total. The van der Waals surface area contributed by atoms with Crippen LogP contribution in [0.4, 0.5) is 13.2 Å². The van der Waals surface area contributed by atoms with Crippen LogP contribution in [0.3, 0.4) is 0 Å². The van der Waals surface area contributed by atoms with Crippen molar-refractivity contribution in [1.82, 2.24) is 0 Å². The molecule has 0 aromatic heterocycles. The fraction of sp³-hybridized carbons (Fsp3) is 0.222. The van der Waals surface area contributed by atoms with Gasteiger partial charge >= 0.3 is 12.1 Å². The Morgan fingerprint density at radius 1 is 1.41 bits per heavy atom. The van der Waals surface area contributed by atoms with E-state index >= 15 is 0 Å². The van der Waals surface area contributed by atoms with E-state index in [0.29, 0.717) is 0 Å².